The molecule has 2 nitrogen and oxygen atoms in total. The fourth-order valence-corrected chi connectivity index (χ4v) is 2.99. The van der Waals surface area contributed by atoms with Crippen LogP contribution in [-0.2, 0) is 12.7 Å². The third-order valence-corrected chi connectivity index (χ3v) is 4.28. The van der Waals surface area contributed by atoms with E-state index in [2.05, 4.69) is 0 Å². The summed E-state index contributed by atoms with van der Waals surface area (Å²) in [6, 6.07) is 7.59. The minimum absolute atomic E-state index is 0. The fourth-order valence-electron chi connectivity index (χ4n) is 2.05. The molecule has 0 heterocycles. The Hall–Kier alpha value is -1.44. The second kappa shape index (κ2) is 8.09. The van der Waals surface area contributed by atoms with E-state index < -0.39 is 11.7 Å². The maximum Gasteiger partial charge on any atom is 0.416 e. The van der Waals surface area contributed by atoms with Gasteiger partial charge in [0.15, 0.2) is 0 Å². The van der Waals surface area contributed by atoms with E-state index in [0.717, 1.165) is 22.6 Å². The standard InChI is InChI=1S/C16H16F4N2S.ClH/c1-22(2)9-10-7-12(17)4-6-14(10)23-15-5-3-11(8-13(15)21)16(18,19)20;/h3-8H,9,21H2,1-2H3;1H. The van der Waals surface area contributed by atoms with Crippen molar-refractivity contribution in [2.75, 3.05) is 19.8 Å². The number of rotatable bonds is 4. The van der Waals surface area contributed by atoms with Crippen LogP contribution in [-0.4, -0.2) is 19.0 Å². The monoisotopic (exact) mass is 380 g/mol. The Labute approximate surface area is 148 Å². The normalized spacial score (nSPS) is 11.5. The number of nitrogens with two attached hydrogens (primary N) is 1. The van der Waals surface area contributed by atoms with Crippen molar-refractivity contribution < 1.29 is 17.6 Å². The van der Waals surface area contributed by atoms with Crippen LogP contribution in [0.15, 0.2) is 46.2 Å². The molecule has 0 bridgehead atoms. The van der Waals surface area contributed by atoms with Crippen LogP contribution < -0.4 is 5.73 Å². The minimum Gasteiger partial charge on any atom is -0.398 e. The van der Waals surface area contributed by atoms with Crippen LogP contribution in [0.1, 0.15) is 11.1 Å². The van der Waals surface area contributed by atoms with Gasteiger partial charge in [0.25, 0.3) is 0 Å². The molecule has 2 aromatic rings. The van der Waals surface area contributed by atoms with Crippen molar-refractivity contribution in [1.29, 1.82) is 0 Å². The quantitative estimate of drug-likeness (QED) is 0.593. The largest absolute Gasteiger partial charge is 0.416 e. The molecule has 24 heavy (non-hydrogen) atoms. The molecule has 0 radical (unpaired) electrons. The lowest BCUT2D eigenvalue weighted by Gasteiger charge is -2.15. The van der Waals surface area contributed by atoms with Gasteiger partial charge < -0.3 is 10.6 Å². The summed E-state index contributed by atoms with van der Waals surface area (Å²) in [5.41, 5.74) is 5.75. The van der Waals surface area contributed by atoms with Gasteiger partial charge in [-0.15, -0.1) is 12.4 Å². The van der Waals surface area contributed by atoms with Gasteiger partial charge in [0.1, 0.15) is 5.82 Å². The first-order chi connectivity index (χ1) is 10.7. The van der Waals surface area contributed by atoms with E-state index in [1.54, 1.807) is 6.07 Å². The fraction of sp³-hybridized carbons (Fsp3) is 0.250. The zero-order chi connectivity index (χ0) is 17.2. The summed E-state index contributed by atoms with van der Waals surface area (Å²) in [5, 5.41) is 0. The minimum atomic E-state index is -4.43. The summed E-state index contributed by atoms with van der Waals surface area (Å²) >= 11 is 1.23. The predicted octanol–water partition coefficient (Wildman–Crippen LogP) is 5.06. The maximum atomic E-state index is 13.4. The highest BCUT2D eigenvalue weighted by Crippen LogP contribution is 2.38. The highest BCUT2D eigenvalue weighted by Gasteiger charge is 2.30. The van der Waals surface area contributed by atoms with Gasteiger partial charge >= 0.3 is 6.18 Å². The van der Waals surface area contributed by atoms with Crippen molar-refractivity contribution in [3.8, 4) is 0 Å². The molecule has 0 saturated carbocycles. The summed E-state index contributed by atoms with van der Waals surface area (Å²) in [6.45, 7) is 0.515. The molecule has 0 amide bonds. The number of nitrogen functional groups attached to an aromatic ring is 1. The molecule has 0 aliphatic rings. The topological polar surface area (TPSA) is 29.3 Å². The van der Waals surface area contributed by atoms with E-state index in [9.17, 15) is 17.6 Å². The molecule has 2 N–H and O–H groups in total. The van der Waals surface area contributed by atoms with Crippen molar-refractivity contribution in [3.63, 3.8) is 0 Å². The predicted molar refractivity (Wildman–Crippen MR) is 91.0 cm³/mol. The van der Waals surface area contributed by atoms with Crippen LogP contribution in [0.4, 0.5) is 23.2 Å². The highest BCUT2D eigenvalue weighted by atomic mass is 35.5. The van der Waals surface area contributed by atoms with Gasteiger partial charge in [-0.1, -0.05) is 11.8 Å². The Morgan fingerprint density at radius 2 is 1.67 bits per heavy atom. The molecule has 0 aliphatic carbocycles. The molecule has 0 unspecified atom stereocenters. The number of alkyl halides is 3. The van der Waals surface area contributed by atoms with E-state index >= 15 is 0 Å². The average Bonchev–Trinajstić information content (AvgIpc) is 2.42. The third kappa shape index (κ3) is 5.29. The number of benzene rings is 2. The number of nitrogens with zero attached hydrogens (tertiary/aromatic N) is 1. The molecule has 0 spiro atoms. The Morgan fingerprint density at radius 1 is 1.04 bits per heavy atom. The van der Waals surface area contributed by atoms with Crippen LogP contribution in [0.5, 0.6) is 0 Å². The van der Waals surface area contributed by atoms with Crippen LogP contribution in [0.25, 0.3) is 0 Å². The van der Waals surface area contributed by atoms with E-state index in [1.165, 1.54) is 30.0 Å². The first-order valence-corrected chi connectivity index (χ1v) is 7.56. The zero-order valence-corrected chi connectivity index (χ0v) is 14.7. The lowest BCUT2D eigenvalue weighted by molar-refractivity contribution is -0.137. The summed E-state index contributed by atoms with van der Waals surface area (Å²) in [4.78, 5) is 3.14. The third-order valence-electron chi connectivity index (χ3n) is 3.07. The number of hydrogen-bond acceptors (Lipinski definition) is 3. The number of hydrogen-bond donors (Lipinski definition) is 1. The summed E-state index contributed by atoms with van der Waals surface area (Å²) in [7, 11) is 3.71. The maximum absolute atomic E-state index is 13.4. The van der Waals surface area contributed by atoms with Crippen molar-refractivity contribution in [3.05, 3.63) is 53.3 Å². The van der Waals surface area contributed by atoms with Gasteiger partial charge in [0, 0.05) is 22.0 Å². The molecule has 0 atom stereocenters. The summed E-state index contributed by atoms with van der Waals surface area (Å²) < 4.78 is 51.4. The van der Waals surface area contributed by atoms with Crippen molar-refractivity contribution in [1.82, 2.24) is 4.90 Å². The molecule has 0 fully saturated rings. The molecule has 0 aliphatic heterocycles. The molecule has 8 heteroatoms. The van der Waals surface area contributed by atoms with Crippen LogP contribution in [0.2, 0.25) is 0 Å². The van der Waals surface area contributed by atoms with Gasteiger partial charge in [0.2, 0.25) is 0 Å². The van der Waals surface area contributed by atoms with Gasteiger partial charge in [0.05, 0.1) is 5.56 Å². The van der Waals surface area contributed by atoms with E-state index in [4.69, 9.17) is 5.73 Å². The molecular weight excluding hydrogens is 364 g/mol. The summed E-state index contributed by atoms with van der Waals surface area (Å²) in [6.07, 6.45) is -4.43. The smallest absolute Gasteiger partial charge is 0.398 e. The molecule has 2 rings (SSSR count). The number of halogens is 5. The highest BCUT2D eigenvalue weighted by molar-refractivity contribution is 7.99. The SMILES string of the molecule is CN(C)Cc1cc(F)ccc1Sc1ccc(C(F)(F)F)cc1N.Cl. The second-order valence-corrected chi connectivity index (χ2v) is 6.43. The second-order valence-electron chi connectivity index (χ2n) is 5.34. The van der Waals surface area contributed by atoms with E-state index in [-0.39, 0.29) is 23.9 Å². The lowest BCUT2D eigenvalue weighted by atomic mass is 10.2. The molecule has 132 valence electrons. The Balaban J connectivity index is 0.00000288. The first-order valence-electron chi connectivity index (χ1n) is 6.74. The molecule has 0 aromatic heterocycles. The zero-order valence-electron chi connectivity index (χ0n) is 13.0. The van der Waals surface area contributed by atoms with Crippen molar-refractivity contribution in [2.45, 2.75) is 22.5 Å². The van der Waals surface area contributed by atoms with Crippen molar-refractivity contribution in [2.24, 2.45) is 0 Å². The van der Waals surface area contributed by atoms with Crippen molar-refractivity contribution >= 4 is 29.9 Å². The molecular formula is C16H17ClF4N2S. The number of anilines is 1. The van der Waals surface area contributed by atoms with Gasteiger partial charge in [-0.2, -0.15) is 13.2 Å². The van der Waals surface area contributed by atoms with Crippen LogP contribution in [0.3, 0.4) is 0 Å². The van der Waals surface area contributed by atoms with Gasteiger partial charge in [-0.3, -0.25) is 0 Å². The van der Waals surface area contributed by atoms with Gasteiger partial charge in [-0.25, -0.2) is 4.39 Å². The van der Waals surface area contributed by atoms with Gasteiger partial charge in [-0.05, 0) is 56.1 Å². The summed E-state index contributed by atoms with van der Waals surface area (Å²) in [5.74, 6) is -0.355. The van der Waals surface area contributed by atoms with Crippen LogP contribution >= 0.6 is 24.2 Å². The van der Waals surface area contributed by atoms with E-state index in [1.807, 2.05) is 19.0 Å². The molecule has 2 aromatic carbocycles. The Kier molecular flexibility index (Phi) is 6.95. The Morgan fingerprint density at radius 3 is 2.21 bits per heavy atom. The molecule has 0 saturated heterocycles. The van der Waals surface area contributed by atoms with E-state index in [0.29, 0.717) is 11.4 Å². The Bertz CT molecular complexity index is 705. The first kappa shape index (κ1) is 20.6. The average molecular weight is 381 g/mol. The lowest BCUT2D eigenvalue weighted by Crippen LogP contribution is -2.11. The van der Waals surface area contributed by atoms with Crippen LogP contribution in [0, 0.1) is 5.82 Å².